The van der Waals surface area contributed by atoms with Crippen molar-refractivity contribution in [1.29, 1.82) is 0 Å². The van der Waals surface area contributed by atoms with Gasteiger partial charge in [-0.3, -0.25) is 33.8 Å². The van der Waals surface area contributed by atoms with E-state index in [0.717, 1.165) is 28.1 Å². The van der Waals surface area contributed by atoms with Crippen LogP contribution >= 0.6 is 23.2 Å². The molecule has 1 saturated heterocycles. The quantitative estimate of drug-likeness (QED) is 0.0126. The Labute approximate surface area is 874 Å². The lowest BCUT2D eigenvalue weighted by Crippen LogP contribution is -2.61. The van der Waals surface area contributed by atoms with Gasteiger partial charge in [0, 0.05) is 170 Å². The summed E-state index contributed by atoms with van der Waals surface area (Å²) in [6.45, 7) is 15.3. The van der Waals surface area contributed by atoms with E-state index in [1.807, 2.05) is 43.3 Å². The first-order valence-electron chi connectivity index (χ1n) is 49.4. The molecule has 11 N–H and O–H groups in total. The molecule has 9 atom stereocenters. The molecule has 1 fully saturated rings. The van der Waals surface area contributed by atoms with E-state index in [0.29, 0.717) is 155 Å². The highest BCUT2D eigenvalue weighted by Gasteiger charge is 2.49. The summed E-state index contributed by atoms with van der Waals surface area (Å²) < 4.78 is 78.5. The van der Waals surface area contributed by atoms with Gasteiger partial charge in [-0.05, 0) is 114 Å². The first-order valence-corrected chi connectivity index (χ1v) is 50.5. The number of aryl methyl sites for hydroxylation is 2. The smallest absolute Gasteiger partial charge is 0.415 e. The van der Waals surface area contributed by atoms with E-state index in [1.54, 1.807) is 90.4 Å². The number of fused-ring (bicyclic) bond motifs is 6. The second-order valence-electron chi connectivity index (χ2n) is 36.0. The van der Waals surface area contributed by atoms with Crippen molar-refractivity contribution < 1.29 is 144 Å². The molecule has 12 amide bonds. The Morgan fingerprint density at radius 3 is 1.42 bits per heavy atom. The largest absolute Gasteiger partial charge is 0.479 e. The number of carboxylic acid groups (broad SMARTS) is 1. The van der Waals surface area contributed by atoms with Crippen molar-refractivity contribution in [2.45, 2.75) is 140 Å². The molecule has 1 aromatic heterocycles. The van der Waals surface area contributed by atoms with Gasteiger partial charge >= 0.3 is 36.4 Å². The number of likely N-dealkylation sites (N-methyl/N-ethyl adjacent to an activating group) is 4. The fraction of sp³-hybridized carbons (Fsp3) is 0.510. The van der Waals surface area contributed by atoms with Crippen LogP contribution in [0.15, 0.2) is 128 Å². The maximum absolute atomic E-state index is 14.5. The molecule has 3 aliphatic rings. The number of aliphatic hydroxyl groups is 3. The zero-order chi connectivity index (χ0) is 107. The van der Waals surface area contributed by atoms with Gasteiger partial charge in [0.2, 0.25) is 41.7 Å². The number of benzene rings is 6. The van der Waals surface area contributed by atoms with Gasteiger partial charge in [-0.2, -0.15) is 0 Å². The number of ether oxygens (including phenoxy) is 14. The maximum atomic E-state index is 14.5. The van der Waals surface area contributed by atoms with Gasteiger partial charge in [0.15, 0.2) is 6.10 Å². The number of nitrogens with one attached hydrogen (secondary N) is 5. The molecule has 812 valence electrons. The fourth-order valence-corrected chi connectivity index (χ4v) is 16.8. The maximum Gasteiger partial charge on any atom is 0.415 e. The molecule has 7 aromatic rings. The van der Waals surface area contributed by atoms with E-state index < -0.39 is 103 Å². The number of carbonyl (C=O) groups excluding carboxylic acids is 11. The van der Waals surface area contributed by atoms with Crippen LogP contribution < -0.4 is 56.3 Å². The van der Waals surface area contributed by atoms with E-state index in [4.69, 9.17) is 95.3 Å². The van der Waals surface area contributed by atoms with Crippen LogP contribution in [-0.2, 0) is 105 Å². The monoisotopic (exact) mass is 2120 g/mol. The number of urea groups is 1. The lowest BCUT2D eigenvalue weighted by atomic mass is 9.95. The van der Waals surface area contributed by atoms with E-state index in [9.17, 15) is 78.0 Å². The summed E-state index contributed by atoms with van der Waals surface area (Å²) in [6.07, 6.45) is -9.06. The number of carbonyl (C=O) groups is 12. The summed E-state index contributed by atoms with van der Waals surface area (Å²) in [5.74, 6) is -4.20. The number of aliphatic hydroxyl groups excluding tert-OH is 3. The topological polar surface area (TPSA) is 533 Å². The number of hydrogen-bond donors (Lipinski definition) is 10. The minimum atomic E-state index is -1.89. The molecule has 43 nitrogen and oxygen atoms in total. The first kappa shape index (κ1) is 118. The molecular weight excluding hydrogens is 1980 g/mol. The van der Waals surface area contributed by atoms with Crippen molar-refractivity contribution in [2.75, 3.05) is 213 Å². The van der Waals surface area contributed by atoms with Crippen molar-refractivity contribution in [2.24, 2.45) is 11.7 Å². The third kappa shape index (κ3) is 36.9. The van der Waals surface area contributed by atoms with Crippen LogP contribution in [0.25, 0.3) is 27.6 Å². The first-order chi connectivity index (χ1) is 71.7. The van der Waals surface area contributed by atoms with E-state index in [-0.39, 0.29) is 176 Å². The third-order valence-electron chi connectivity index (χ3n) is 24.5. The van der Waals surface area contributed by atoms with Gasteiger partial charge in [0.25, 0.3) is 0 Å². The Balaban J connectivity index is 0.590. The predicted molar refractivity (Wildman–Crippen MR) is 550 cm³/mol. The zero-order valence-corrected chi connectivity index (χ0v) is 86.4. The van der Waals surface area contributed by atoms with E-state index in [2.05, 4.69) is 38.1 Å². The number of hydrogen-bond acceptors (Lipinski definition) is 30. The molecule has 10 rings (SSSR count). The number of nitrogens with zero attached hydrogens (tertiary/aromatic N) is 7. The Bertz CT molecular complexity index is 5600. The summed E-state index contributed by atoms with van der Waals surface area (Å²) in [6, 6.07) is 31.1. The number of anilines is 3. The van der Waals surface area contributed by atoms with E-state index in [1.165, 1.54) is 72.1 Å². The van der Waals surface area contributed by atoms with Crippen LogP contribution in [-0.4, -0.2) is 358 Å². The second kappa shape index (κ2) is 61.4. The number of primary amides is 1. The minimum absolute atomic E-state index is 0.0000679. The average molecular weight is 2120 g/mol. The number of pyridine rings is 1. The number of rotatable bonds is 62. The Hall–Kier alpha value is -12.7. The van der Waals surface area contributed by atoms with Crippen molar-refractivity contribution in [1.82, 2.24) is 45.9 Å². The molecule has 0 bridgehead atoms. The lowest BCUT2D eigenvalue weighted by Gasteiger charge is -2.38. The van der Waals surface area contributed by atoms with Crippen LogP contribution in [0.5, 0.6) is 17.2 Å². The highest BCUT2D eigenvalue weighted by atomic mass is 35.5. The molecule has 149 heavy (non-hydrogen) atoms. The summed E-state index contributed by atoms with van der Waals surface area (Å²) in [7, 11) is 5.97. The number of halogens is 2. The fourth-order valence-electron chi connectivity index (χ4n) is 16.3. The summed E-state index contributed by atoms with van der Waals surface area (Å²) >= 11 is 13.3. The lowest BCUT2D eigenvalue weighted by molar-refractivity contribution is -0.271. The van der Waals surface area contributed by atoms with Gasteiger partial charge in [0.05, 0.1) is 117 Å². The third-order valence-corrected chi connectivity index (χ3v) is 25.3. The van der Waals surface area contributed by atoms with Crippen molar-refractivity contribution >= 4 is 140 Å². The molecule has 6 aromatic carbocycles. The Morgan fingerprint density at radius 1 is 0.517 bits per heavy atom. The minimum Gasteiger partial charge on any atom is -0.479 e. The van der Waals surface area contributed by atoms with Gasteiger partial charge in [-0.25, -0.2) is 28.8 Å². The molecule has 0 spiro atoms. The second-order valence-corrected chi connectivity index (χ2v) is 36.6. The Kier molecular flexibility index (Phi) is 48.7. The number of nitrogens with two attached hydrogens (primary N) is 1. The van der Waals surface area contributed by atoms with Crippen molar-refractivity contribution in [3.8, 4) is 17.2 Å². The molecule has 0 radical (unpaired) electrons. The van der Waals surface area contributed by atoms with Crippen LogP contribution in [0.3, 0.4) is 0 Å². The summed E-state index contributed by atoms with van der Waals surface area (Å²) in [4.78, 5) is 172. The molecule has 0 unspecified atom stereocenters. The number of alkyl halides is 2. The molecule has 4 heterocycles. The number of aromatic nitrogens is 1. The average Bonchev–Trinajstić information content (AvgIpc) is 1.60. The Morgan fingerprint density at radius 2 is 0.966 bits per heavy atom. The molecular formula is C104H137Cl2N13O30. The standard InChI is InChI=1S/C104H137Cl2N13O30/c1-9-68-56-67(4)110-74(57-68)29-32-85(120)108-35-41-137-43-45-139-47-49-141-51-53-143-55-54-142-52-50-140-48-46-138-44-42-136-40-33-86(121)113-91(66(2)3)97(128)112-80(20-15-34-109-100(107)131)96(127)111-73-27-23-69(24-28-73)64-144-101(132)114(5)36-38-116(7)103(134)147-83-58-81-89(78-18-12-10-16-76(78)83)71(60-105)62-118(81)87(122)21-14-22-88(123)119-63-72(61-106)90-79-19-13-11-17-77(79)84(59-82(90)119)148-104(135)117(8)39-37-115(6)102(133)145-65-70-25-30-75(31-26-70)146-99-94(126)92(124)93(125)95(149-99)98(129)130/h9-13,16-19,23-28,30-31,56-59,66,71-72,80,91-95,99,124-126H,1,14-15,20-22,29,32-55,60-65H2,2-8H3,(H,108,120)(H,111,127)(H,112,128)(H,113,121)(H,129,130)(H3,107,109,131)/t71-,72-,80+,91+,92+,93+,94-,95+,99-/m1/s1. The number of amides is 12. The van der Waals surface area contributed by atoms with E-state index >= 15 is 0 Å². The number of aliphatic carboxylic acids is 1. The van der Waals surface area contributed by atoms with Crippen molar-refractivity contribution in [3.05, 3.63) is 167 Å². The molecule has 3 aliphatic heterocycles. The SMILES string of the molecule is C=Cc1cc(C)nc(CCC(=O)NCCOCCOCCOCCOCCOCCOCCOCCOCCC(=O)N[C@H](C(=O)N[C@@H](CCCNC(N)=O)C(=O)Nc2ccc(COC(=O)N(C)CCN(C)C(=O)Oc3cc4c(c5ccccc35)[C@H](CCl)CN4C(=O)CCCC(=O)N3C[C@@H](CCl)c4c3cc(OC(=O)N(C)CCN(C)C(=O)OCc3ccc(O[C@@H]5O[C@H](C(=O)O)[C@@H](O)[C@H](O)[C@H]5O)cc3)c3ccccc43)cc2)C(C)C)c1. The number of carboxylic acids is 1. The summed E-state index contributed by atoms with van der Waals surface area (Å²) in [5.41, 5.74) is 12.0. The van der Waals surface area contributed by atoms with Gasteiger partial charge in [0.1, 0.15) is 60.9 Å². The highest BCUT2D eigenvalue weighted by molar-refractivity contribution is 6.20. The molecule has 0 saturated carbocycles. The van der Waals surface area contributed by atoms with Gasteiger partial charge in [-0.15, -0.1) is 23.2 Å². The van der Waals surface area contributed by atoms with Gasteiger partial charge < -0.3 is 148 Å². The normalized spacial score (nSPS) is 16.5. The summed E-state index contributed by atoms with van der Waals surface area (Å²) in [5, 5.41) is 56.1. The van der Waals surface area contributed by atoms with Crippen LogP contribution in [0.1, 0.15) is 110 Å². The predicted octanol–water partition coefficient (Wildman–Crippen LogP) is 8.50. The van der Waals surface area contributed by atoms with Crippen LogP contribution in [0.2, 0.25) is 0 Å². The molecule has 0 aliphatic carbocycles. The van der Waals surface area contributed by atoms with Crippen molar-refractivity contribution in [3.63, 3.8) is 0 Å². The van der Waals surface area contributed by atoms with Crippen LogP contribution in [0.4, 0.5) is 41.0 Å². The van der Waals surface area contributed by atoms with Crippen LogP contribution in [0, 0.1) is 12.8 Å². The van der Waals surface area contributed by atoms with Gasteiger partial charge in [-0.1, -0.05) is 99.3 Å². The zero-order valence-electron chi connectivity index (χ0n) is 84.9. The highest BCUT2D eigenvalue weighted by Crippen LogP contribution is 2.48. The molecule has 45 heteroatoms.